The number of hydrogen-bond donors (Lipinski definition) is 0. The van der Waals surface area contributed by atoms with E-state index in [0.29, 0.717) is 32.7 Å². The first kappa shape index (κ1) is 17.9. The molecule has 2 aromatic heterocycles. The summed E-state index contributed by atoms with van der Waals surface area (Å²) in [5, 5.41) is 4.64. The molecular weight excluding hydrogens is 378 g/mol. The fraction of sp³-hybridized carbons (Fsp3) is 0.100. The molecule has 0 saturated heterocycles. The number of aromatic nitrogens is 3. The van der Waals surface area contributed by atoms with Gasteiger partial charge in [0.05, 0.1) is 0 Å². The van der Waals surface area contributed by atoms with E-state index in [1.807, 2.05) is 18.2 Å². The van der Waals surface area contributed by atoms with Crippen LogP contribution in [0.15, 0.2) is 65.5 Å². The molecule has 0 saturated carbocycles. The highest BCUT2D eigenvalue weighted by molar-refractivity contribution is 7.16. The zero-order valence-corrected chi connectivity index (χ0v) is 15.7. The Hall–Kier alpha value is -3.52. The van der Waals surface area contributed by atoms with Crippen molar-refractivity contribution < 1.29 is 14.3 Å². The molecule has 0 fully saturated rings. The Balaban J connectivity index is 1.52. The van der Waals surface area contributed by atoms with Crippen LogP contribution in [0.5, 0.6) is 11.5 Å². The summed E-state index contributed by atoms with van der Waals surface area (Å²) in [7, 11) is 0. The van der Waals surface area contributed by atoms with Crippen molar-refractivity contribution in [1.29, 1.82) is 0 Å². The molecule has 0 N–H and O–H groups in total. The first-order valence-electron chi connectivity index (χ1n) is 8.45. The molecule has 7 nitrogen and oxygen atoms in total. The maximum Gasteiger partial charge on any atom is 0.342 e. The molecule has 0 bridgehead atoms. The zero-order chi connectivity index (χ0) is 19.5. The summed E-state index contributed by atoms with van der Waals surface area (Å²) in [5.74, 6) is 0.480. The van der Waals surface area contributed by atoms with Crippen molar-refractivity contribution >= 4 is 22.3 Å². The van der Waals surface area contributed by atoms with Crippen LogP contribution in [0.4, 0.5) is 0 Å². The Morgan fingerprint density at radius 3 is 2.68 bits per heavy atom. The van der Waals surface area contributed by atoms with Gasteiger partial charge in [-0.15, -0.1) is 0 Å². The largest absolute Gasteiger partial charge is 0.456 e. The number of nitrogens with zero attached hydrogens (tertiary/aromatic N) is 3. The van der Waals surface area contributed by atoms with Gasteiger partial charge in [-0.1, -0.05) is 41.7 Å². The number of hydrogen-bond acceptors (Lipinski definition) is 7. The van der Waals surface area contributed by atoms with E-state index in [-0.39, 0.29) is 12.2 Å². The summed E-state index contributed by atoms with van der Waals surface area (Å²) in [6.07, 6.45) is 0. The summed E-state index contributed by atoms with van der Waals surface area (Å²) in [6.45, 7) is 1.68. The van der Waals surface area contributed by atoms with Crippen LogP contribution in [-0.2, 0) is 11.3 Å². The Morgan fingerprint density at radius 1 is 1.11 bits per heavy atom. The van der Waals surface area contributed by atoms with Gasteiger partial charge in [-0.2, -0.15) is 9.61 Å². The summed E-state index contributed by atoms with van der Waals surface area (Å²) < 4.78 is 12.4. The average molecular weight is 393 g/mol. The molecule has 0 aliphatic carbocycles. The van der Waals surface area contributed by atoms with E-state index in [1.54, 1.807) is 43.3 Å². The van der Waals surface area contributed by atoms with Gasteiger partial charge in [0.1, 0.15) is 23.7 Å². The van der Waals surface area contributed by atoms with Crippen molar-refractivity contribution in [1.82, 2.24) is 14.6 Å². The van der Waals surface area contributed by atoms with Gasteiger partial charge < -0.3 is 9.47 Å². The van der Waals surface area contributed by atoms with Crippen molar-refractivity contribution in [3.63, 3.8) is 0 Å². The van der Waals surface area contributed by atoms with E-state index < -0.39 is 5.97 Å². The number of rotatable bonds is 5. The third kappa shape index (κ3) is 3.77. The first-order valence-corrected chi connectivity index (χ1v) is 9.27. The number of esters is 1. The number of fused-ring (bicyclic) bond motifs is 1. The van der Waals surface area contributed by atoms with Crippen LogP contribution in [0.2, 0.25) is 0 Å². The van der Waals surface area contributed by atoms with Crippen molar-refractivity contribution in [2.45, 2.75) is 13.5 Å². The highest BCUT2D eigenvalue weighted by Gasteiger charge is 2.16. The van der Waals surface area contributed by atoms with E-state index in [1.165, 1.54) is 21.9 Å². The normalized spacial score (nSPS) is 10.8. The maximum atomic E-state index is 12.6. The number of carbonyl (C=O) groups excluding carboxylic acids is 1. The molecule has 0 unspecified atom stereocenters. The average Bonchev–Trinajstić information content (AvgIpc) is 3.11. The second-order valence-corrected chi connectivity index (χ2v) is 6.95. The van der Waals surface area contributed by atoms with Crippen LogP contribution in [0.3, 0.4) is 0 Å². The molecule has 0 aliphatic rings. The van der Waals surface area contributed by atoms with Crippen molar-refractivity contribution in [2.24, 2.45) is 0 Å². The lowest BCUT2D eigenvalue weighted by Gasteiger charge is -2.10. The minimum atomic E-state index is -0.540. The third-order valence-corrected chi connectivity index (χ3v) is 4.70. The van der Waals surface area contributed by atoms with Gasteiger partial charge in [0.25, 0.3) is 5.56 Å². The monoisotopic (exact) mass is 393 g/mol. The van der Waals surface area contributed by atoms with Crippen LogP contribution in [0.1, 0.15) is 21.1 Å². The van der Waals surface area contributed by atoms with E-state index in [2.05, 4.69) is 10.1 Å². The van der Waals surface area contributed by atoms with E-state index >= 15 is 0 Å². The smallest absolute Gasteiger partial charge is 0.342 e. The molecule has 28 heavy (non-hydrogen) atoms. The molecule has 0 amide bonds. The fourth-order valence-corrected chi connectivity index (χ4v) is 3.42. The van der Waals surface area contributed by atoms with Gasteiger partial charge >= 0.3 is 5.97 Å². The predicted molar refractivity (Wildman–Crippen MR) is 104 cm³/mol. The molecule has 2 aromatic carbocycles. The number of benzene rings is 2. The highest BCUT2D eigenvalue weighted by Crippen LogP contribution is 2.26. The summed E-state index contributed by atoms with van der Waals surface area (Å²) in [5.41, 5.74) is 0.653. The molecule has 0 radical (unpaired) electrons. The Kier molecular flexibility index (Phi) is 4.86. The minimum Gasteiger partial charge on any atom is -0.456 e. The second kappa shape index (κ2) is 7.61. The van der Waals surface area contributed by atoms with Gasteiger partial charge in [0.15, 0.2) is 5.01 Å². The lowest BCUT2D eigenvalue weighted by Crippen LogP contribution is -2.14. The Labute approximate surface area is 163 Å². The SMILES string of the molecule is Cc1cc(=O)n2nc(COC(=O)c3ccccc3Oc3ccccc3)sc2n1. The van der Waals surface area contributed by atoms with E-state index in [4.69, 9.17) is 9.47 Å². The Bertz CT molecular complexity index is 1200. The zero-order valence-electron chi connectivity index (χ0n) is 14.9. The van der Waals surface area contributed by atoms with E-state index in [0.717, 1.165) is 0 Å². The second-order valence-electron chi connectivity index (χ2n) is 5.91. The molecule has 8 heteroatoms. The maximum absolute atomic E-state index is 12.6. The van der Waals surface area contributed by atoms with Gasteiger partial charge in [0.2, 0.25) is 4.96 Å². The lowest BCUT2D eigenvalue weighted by molar-refractivity contribution is 0.0468. The molecule has 2 heterocycles. The predicted octanol–water partition coefficient (Wildman–Crippen LogP) is 3.61. The fourth-order valence-electron chi connectivity index (χ4n) is 2.56. The molecule has 0 atom stereocenters. The van der Waals surface area contributed by atoms with Gasteiger partial charge in [-0.05, 0) is 31.2 Å². The number of carbonyl (C=O) groups is 1. The third-order valence-electron chi connectivity index (χ3n) is 3.82. The lowest BCUT2D eigenvalue weighted by atomic mass is 10.2. The van der Waals surface area contributed by atoms with Crippen molar-refractivity contribution in [3.05, 3.63) is 87.3 Å². The van der Waals surface area contributed by atoms with Crippen LogP contribution in [0, 0.1) is 6.92 Å². The van der Waals surface area contributed by atoms with Crippen molar-refractivity contribution in [3.8, 4) is 11.5 Å². The van der Waals surface area contributed by atoms with Crippen LogP contribution < -0.4 is 10.3 Å². The minimum absolute atomic E-state index is 0.0645. The Morgan fingerprint density at radius 2 is 1.86 bits per heavy atom. The van der Waals surface area contributed by atoms with Crippen molar-refractivity contribution in [2.75, 3.05) is 0 Å². The van der Waals surface area contributed by atoms with Gasteiger partial charge in [-0.25, -0.2) is 9.78 Å². The number of para-hydroxylation sites is 2. The molecule has 0 spiro atoms. The molecular formula is C20H15N3O4S. The quantitative estimate of drug-likeness (QED) is 0.482. The summed E-state index contributed by atoms with van der Waals surface area (Å²) >= 11 is 1.20. The standard InChI is InChI=1S/C20H15N3O4S/c1-13-11-18(24)23-20(21-13)28-17(22-23)12-26-19(25)15-9-5-6-10-16(15)27-14-7-3-2-4-8-14/h2-11H,12H2,1H3. The number of ether oxygens (including phenoxy) is 2. The highest BCUT2D eigenvalue weighted by atomic mass is 32.1. The topological polar surface area (TPSA) is 82.8 Å². The summed E-state index contributed by atoms with van der Waals surface area (Å²) in [4.78, 5) is 29.2. The molecule has 4 rings (SSSR count). The summed E-state index contributed by atoms with van der Waals surface area (Å²) in [6, 6.07) is 17.4. The first-order chi connectivity index (χ1) is 13.6. The van der Waals surface area contributed by atoms with Crippen LogP contribution in [0.25, 0.3) is 4.96 Å². The molecule has 0 aliphatic heterocycles. The van der Waals surface area contributed by atoms with Gasteiger partial charge in [-0.3, -0.25) is 4.79 Å². The van der Waals surface area contributed by atoms with Crippen LogP contribution in [-0.4, -0.2) is 20.6 Å². The molecule has 140 valence electrons. The molecule has 4 aromatic rings. The number of aryl methyl sites for hydroxylation is 1. The van der Waals surface area contributed by atoms with Crippen LogP contribution >= 0.6 is 11.3 Å². The van der Waals surface area contributed by atoms with E-state index in [9.17, 15) is 9.59 Å². The van der Waals surface area contributed by atoms with Gasteiger partial charge in [0, 0.05) is 11.8 Å².